The van der Waals surface area contributed by atoms with Crippen molar-refractivity contribution in [3.05, 3.63) is 48.0 Å². The summed E-state index contributed by atoms with van der Waals surface area (Å²) < 4.78 is 5.35. The number of fused-ring (bicyclic) bond motifs is 1. The van der Waals surface area contributed by atoms with Gasteiger partial charge in [0.05, 0.1) is 5.71 Å². The molecule has 1 aromatic heterocycles. The van der Waals surface area contributed by atoms with Crippen LogP contribution in [0, 0.1) is 0 Å². The summed E-state index contributed by atoms with van der Waals surface area (Å²) in [6, 6.07) is 0. The maximum absolute atomic E-state index is 5.35. The molecule has 0 saturated carbocycles. The molecule has 1 aliphatic carbocycles. The molecule has 0 bridgehead atoms. The van der Waals surface area contributed by atoms with Crippen molar-refractivity contribution in [2.24, 2.45) is 9.98 Å². The van der Waals surface area contributed by atoms with E-state index in [0.29, 0.717) is 0 Å². The number of oxazole rings is 1. The molecule has 0 fully saturated rings. The Morgan fingerprint density at radius 2 is 2.25 bits per heavy atom. The van der Waals surface area contributed by atoms with Crippen LogP contribution in [0.15, 0.2) is 50.9 Å². The van der Waals surface area contributed by atoms with Crippen LogP contribution in [0.5, 0.6) is 0 Å². The van der Waals surface area contributed by atoms with Gasteiger partial charge in [-0.3, -0.25) is 9.98 Å². The topological polar surface area (TPSA) is 50.8 Å². The summed E-state index contributed by atoms with van der Waals surface area (Å²) in [5.41, 5.74) is 2.56. The van der Waals surface area contributed by atoms with Crippen LogP contribution in [0.1, 0.15) is 11.5 Å². The Morgan fingerprint density at radius 1 is 1.25 bits per heavy atom. The van der Waals surface area contributed by atoms with Crippen LogP contribution in [0.2, 0.25) is 0 Å². The quantitative estimate of drug-likeness (QED) is 0.655. The number of rotatable bonds is 0. The smallest absolute Gasteiger partial charge is 0.181 e. The highest BCUT2D eigenvalue weighted by molar-refractivity contribution is 6.17. The average Bonchev–Trinajstić information content (AvgIpc) is 2.92. The molecule has 1 spiro atoms. The monoisotopic (exact) mass is 209 g/mol. The van der Waals surface area contributed by atoms with Crippen molar-refractivity contribution < 1.29 is 4.42 Å². The zero-order valence-electron chi connectivity index (χ0n) is 8.29. The molecule has 1 aromatic rings. The SMILES string of the molecule is C1=CC23C(=CN=C2C=Cc2ocnc23)C=N1. The molecule has 3 heterocycles. The molecular weight excluding hydrogens is 202 g/mol. The van der Waals surface area contributed by atoms with Gasteiger partial charge in [0, 0.05) is 24.2 Å². The van der Waals surface area contributed by atoms with Crippen LogP contribution in [0.25, 0.3) is 6.08 Å². The highest BCUT2D eigenvalue weighted by atomic mass is 16.3. The molecule has 76 valence electrons. The highest BCUT2D eigenvalue weighted by Crippen LogP contribution is 2.43. The molecule has 0 N–H and O–H groups in total. The van der Waals surface area contributed by atoms with Gasteiger partial charge >= 0.3 is 0 Å². The fourth-order valence-corrected chi connectivity index (χ4v) is 2.42. The molecule has 0 amide bonds. The highest BCUT2D eigenvalue weighted by Gasteiger charge is 2.46. The third-order valence-electron chi connectivity index (χ3n) is 3.19. The van der Waals surface area contributed by atoms with Gasteiger partial charge in [0.15, 0.2) is 12.2 Å². The summed E-state index contributed by atoms with van der Waals surface area (Å²) in [5.74, 6) is 0.798. The molecule has 4 rings (SSSR count). The Bertz CT molecular complexity index is 630. The third-order valence-corrected chi connectivity index (χ3v) is 3.19. The average molecular weight is 209 g/mol. The van der Waals surface area contributed by atoms with Crippen LogP contribution < -0.4 is 0 Å². The lowest BCUT2D eigenvalue weighted by Gasteiger charge is -2.30. The number of allylic oxidation sites excluding steroid dienone is 3. The van der Waals surface area contributed by atoms with Crippen molar-refractivity contribution in [3.63, 3.8) is 0 Å². The van der Waals surface area contributed by atoms with E-state index in [1.54, 1.807) is 6.20 Å². The van der Waals surface area contributed by atoms with Gasteiger partial charge in [-0.05, 0) is 18.2 Å². The molecule has 1 unspecified atom stereocenters. The third kappa shape index (κ3) is 0.713. The van der Waals surface area contributed by atoms with E-state index in [-0.39, 0.29) is 5.41 Å². The summed E-state index contributed by atoms with van der Waals surface area (Å²) in [6.45, 7) is 0. The minimum Gasteiger partial charge on any atom is -0.444 e. The van der Waals surface area contributed by atoms with Gasteiger partial charge in [0.2, 0.25) is 0 Å². The normalized spacial score (nSPS) is 28.2. The first-order valence-corrected chi connectivity index (χ1v) is 5.03. The maximum Gasteiger partial charge on any atom is 0.181 e. The maximum atomic E-state index is 5.35. The molecule has 1 atom stereocenters. The minimum absolute atomic E-state index is 0.362. The lowest BCUT2D eigenvalue weighted by molar-refractivity contribution is 0.544. The van der Waals surface area contributed by atoms with Crippen LogP contribution >= 0.6 is 0 Å². The molecular formula is C12H7N3O. The van der Waals surface area contributed by atoms with E-state index >= 15 is 0 Å². The van der Waals surface area contributed by atoms with Crippen molar-refractivity contribution in [3.8, 4) is 0 Å². The fraction of sp³-hybridized carbons (Fsp3) is 0.0833. The predicted molar refractivity (Wildman–Crippen MR) is 60.4 cm³/mol. The van der Waals surface area contributed by atoms with Crippen LogP contribution in [-0.4, -0.2) is 16.9 Å². The van der Waals surface area contributed by atoms with Gasteiger partial charge in [0.1, 0.15) is 11.1 Å². The molecule has 16 heavy (non-hydrogen) atoms. The van der Waals surface area contributed by atoms with Gasteiger partial charge < -0.3 is 4.42 Å². The van der Waals surface area contributed by atoms with Crippen molar-refractivity contribution in [1.82, 2.24) is 4.98 Å². The Morgan fingerprint density at radius 3 is 3.25 bits per heavy atom. The molecule has 4 nitrogen and oxygen atoms in total. The number of aromatic nitrogens is 1. The Kier molecular flexibility index (Phi) is 1.23. The summed E-state index contributed by atoms with van der Waals surface area (Å²) in [7, 11) is 0. The van der Waals surface area contributed by atoms with Crippen molar-refractivity contribution >= 4 is 18.0 Å². The van der Waals surface area contributed by atoms with Gasteiger partial charge in [-0.1, -0.05) is 0 Å². The lowest BCUT2D eigenvalue weighted by atomic mass is 9.71. The molecule has 3 aliphatic rings. The van der Waals surface area contributed by atoms with Gasteiger partial charge in [-0.15, -0.1) is 0 Å². The number of aliphatic imine (C=N–C) groups is 2. The minimum atomic E-state index is -0.362. The fourth-order valence-electron chi connectivity index (χ4n) is 2.42. The molecule has 0 aromatic carbocycles. The zero-order valence-corrected chi connectivity index (χ0v) is 8.29. The second kappa shape index (κ2) is 2.47. The van der Waals surface area contributed by atoms with E-state index in [9.17, 15) is 0 Å². The first-order valence-electron chi connectivity index (χ1n) is 5.03. The van der Waals surface area contributed by atoms with Crippen LogP contribution in [0.4, 0.5) is 0 Å². The standard InChI is InChI=1S/C12H7N3O/c1-2-10-12(11-9(1)16-7-15-11)3-4-13-5-8(12)6-14-10/h1-7H. The van der Waals surface area contributed by atoms with Gasteiger partial charge in [0.25, 0.3) is 0 Å². The lowest BCUT2D eigenvalue weighted by Crippen LogP contribution is -2.36. The van der Waals surface area contributed by atoms with E-state index in [4.69, 9.17) is 4.42 Å². The Balaban J connectivity index is 2.10. The summed E-state index contributed by atoms with van der Waals surface area (Å²) >= 11 is 0. The first-order chi connectivity index (χ1) is 7.91. The molecule has 0 radical (unpaired) electrons. The number of hydrogen-bond donors (Lipinski definition) is 0. The zero-order chi connectivity index (χ0) is 10.6. The first kappa shape index (κ1) is 7.98. The Labute approximate surface area is 91.4 Å². The van der Waals surface area contributed by atoms with Crippen molar-refractivity contribution in [1.29, 1.82) is 0 Å². The summed E-state index contributed by atoms with van der Waals surface area (Å²) in [6.07, 6.45) is 12.8. The summed E-state index contributed by atoms with van der Waals surface area (Å²) in [5, 5.41) is 0. The Hall–Kier alpha value is -2.23. The van der Waals surface area contributed by atoms with Gasteiger partial charge in [-0.25, -0.2) is 4.98 Å². The van der Waals surface area contributed by atoms with E-state index in [0.717, 1.165) is 22.7 Å². The molecule has 4 heteroatoms. The number of hydrogen-bond acceptors (Lipinski definition) is 4. The summed E-state index contributed by atoms with van der Waals surface area (Å²) in [4.78, 5) is 12.9. The van der Waals surface area contributed by atoms with Crippen molar-refractivity contribution in [2.45, 2.75) is 5.41 Å². The second-order valence-electron chi connectivity index (χ2n) is 3.90. The van der Waals surface area contributed by atoms with E-state index in [2.05, 4.69) is 15.0 Å². The van der Waals surface area contributed by atoms with Gasteiger partial charge in [-0.2, -0.15) is 0 Å². The number of nitrogens with zero attached hydrogens (tertiary/aromatic N) is 3. The van der Waals surface area contributed by atoms with Crippen LogP contribution in [0.3, 0.4) is 0 Å². The van der Waals surface area contributed by atoms with Crippen LogP contribution in [-0.2, 0) is 5.41 Å². The van der Waals surface area contributed by atoms with E-state index in [1.807, 2.05) is 30.6 Å². The molecule has 0 saturated heterocycles. The predicted octanol–water partition coefficient (Wildman–Crippen LogP) is 1.88. The second-order valence-corrected chi connectivity index (χ2v) is 3.90. The largest absolute Gasteiger partial charge is 0.444 e. The van der Waals surface area contributed by atoms with E-state index < -0.39 is 0 Å². The van der Waals surface area contributed by atoms with E-state index in [1.165, 1.54) is 6.39 Å². The molecule has 2 aliphatic heterocycles. The van der Waals surface area contributed by atoms with Crippen molar-refractivity contribution in [2.75, 3.05) is 0 Å².